The van der Waals surface area contributed by atoms with Crippen molar-refractivity contribution in [2.45, 2.75) is 63.5 Å². The molecule has 0 saturated carbocycles. The summed E-state index contributed by atoms with van der Waals surface area (Å²) in [7, 11) is -1.44. The lowest BCUT2D eigenvalue weighted by Crippen LogP contribution is -2.42. The molecule has 2 aromatic heterocycles. The molecule has 2 rings (SSSR count). The maximum Gasteiger partial charge on any atom is 0.422 e. The fourth-order valence-electron chi connectivity index (χ4n) is 2.38. The van der Waals surface area contributed by atoms with Crippen LogP contribution in [0.5, 0.6) is 5.75 Å². The number of nitrogens with zero attached hydrogens (tertiary/aromatic N) is 4. The van der Waals surface area contributed by atoms with E-state index in [1.165, 1.54) is 18.3 Å². The van der Waals surface area contributed by atoms with E-state index in [9.17, 15) is 17.7 Å². The summed E-state index contributed by atoms with van der Waals surface area (Å²) < 4.78 is 58.7. The Hall–Kier alpha value is -1.63. The zero-order chi connectivity index (χ0) is 22.7. The van der Waals surface area contributed by atoms with Crippen LogP contribution in [0.1, 0.15) is 38.2 Å². The SMILES string of the molecule is CC(C)(C)[S+]([O-])N[C@@H](c1ccc(OCC(F)(F)F)cn1)c1cn(C[Si](C)(C)C)nn1. The second-order valence-corrected chi connectivity index (χ2v) is 16.6. The van der Waals surface area contributed by atoms with Crippen LogP contribution in [0.3, 0.4) is 0 Å². The molecular weight excluding hydrogens is 435 g/mol. The van der Waals surface area contributed by atoms with Gasteiger partial charge >= 0.3 is 6.18 Å². The molecule has 2 heterocycles. The Morgan fingerprint density at radius 1 is 1.20 bits per heavy atom. The molecule has 0 fully saturated rings. The highest BCUT2D eigenvalue weighted by molar-refractivity contribution is 7.90. The standard InChI is InChI=1S/C18H28F3N5O2SSi/c1-17(2,3)29(27)24-16(15-10-26(25-23-15)12-30(4,5)6)14-8-7-13(9-22-14)28-11-18(19,20)21/h7-10,16,24H,11-12H2,1-6H3/t16-,29?/m0/s1. The van der Waals surface area contributed by atoms with Gasteiger partial charge in [-0.3, -0.25) is 9.67 Å². The highest BCUT2D eigenvalue weighted by atomic mass is 32.2. The maximum atomic E-state index is 12.7. The zero-order valence-electron chi connectivity index (χ0n) is 17.9. The summed E-state index contributed by atoms with van der Waals surface area (Å²) >= 11 is -1.44. The minimum atomic E-state index is -4.43. The quantitative estimate of drug-likeness (QED) is 0.475. The van der Waals surface area contributed by atoms with Crippen molar-refractivity contribution in [3.8, 4) is 5.75 Å². The van der Waals surface area contributed by atoms with Gasteiger partial charge in [-0.1, -0.05) is 24.9 Å². The molecule has 0 spiro atoms. The Labute approximate surface area is 178 Å². The van der Waals surface area contributed by atoms with Crippen LogP contribution in [0.4, 0.5) is 13.2 Å². The molecule has 2 aromatic rings. The summed E-state index contributed by atoms with van der Waals surface area (Å²) in [6.07, 6.45) is -0.665. The maximum absolute atomic E-state index is 12.7. The number of hydrogen-bond donors (Lipinski definition) is 1. The second-order valence-electron chi connectivity index (χ2n) is 9.16. The highest BCUT2D eigenvalue weighted by Gasteiger charge is 2.33. The van der Waals surface area contributed by atoms with Gasteiger partial charge in [0.25, 0.3) is 0 Å². The van der Waals surface area contributed by atoms with Gasteiger partial charge in [-0.05, 0) is 32.9 Å². The van der Waals surface area contributed by atoms with Crippen LogP contribution in [-0.2, 0) is 17.5 Å². The molecular formula is C18H28F3N5O2SSi. The summed E-state index contributed by atoms with van der Waals surface area (Å²) in [6.45, 7) is 10.7. The molecule has 0 aliphatic carbocycles. The number of aromatic nitrogens is 4. The van der Waals surface area contributed by atoms with Gasteiger partial charge in [0.1, 0.15) is 22.2 Å². The Bertz CT molecular complexity index is 819. The third-order valence-corrected chi connectivity index (χ3v) is 6.56. The fraction of sp³-hybridized carbons (Fsp3) is 0.611. The Kier molecular flexibility index (Phi) is 7.59. The molecule has 0 bridgehead atoms. The average molecular weight is 464 g/mol. The van der Waals surface area contributed by atoms with Gasteiger partial charge in [-0.2, -0.15) is 13.2 Å². The van der Waals surface area contributed by atoms with E-state index < -0.39 is 43.0 Å². The minimum absolute atomic E-state index is 0.00541. The lowest BCUT2D eigenvalue weighted by atomic mass is 10.1. The van der Waals surface area contributed by atoms with Crippen LogP contribution < -0.4 is 9.46 Å². The molecule has 168 valence electrons. The van der Waals surface area contributed by atoms with E-state index in [-0.39, 0.29) is 5.75 Å². The van der Waals surface area contributed by atoms with Crippen molar-refractivity contribution in [1.29, 1.82) is 0 Å². The van der Waals surface area contributed by atoms with Gasteiger partial charge in [-0.25, -0.2) is 0 Å². The van der Waals surface area contributed by atoms with Crippen molar-refractivity contribution in [2.75, 3.05) is 6.61 Å². The van der Waals surface area contributed by atoms with E-state index in [0.29, 0.717) is 11.4 Å². The Morgan fingerprint density at radius 2 is 1.87 bits per heavy atom. The van der Waals surface area contributed by atoms with Crippen molar-refractivity contribution < 1.29 is 22.5 Å². The van der Waals surface area contributed by atoms with Crippen LogP contribution in [0.2, 0.25) is 19.6 Å². The van der Waals surface area contributed by atoms with E-state index >= 15 is 0 Å². The minimum Gasteiger partial charge on any atom is -0.598 e. The Morgan fingerprint density at radius 3 is 2.37 bits per heavy atom. The molecule has 0 aliphatic heterocycles. The normalized spacial score (nSPS) is 15.1. The van der Waals surface area contributed by atoms with Crippen molar-refractivity contribution in [1.82, 2.24) is 24.7 Å². The molecule has 1 unspecified atom stereocenters. The van der Waals surface area contributed by atoms with Crippen molar-refractivity contribution in [2.24, 2.45) is 0 Å². The smallest absolute Gasteiger partial charge is 0.422 e. The molecule has 0 aliphatic rings. The molecule has 2 atom stereocenters. The van der Waals surface area contributed by atoms with Crippen LogP contribution in [0.15, 0.2) is 24.5 Å². The fourth-order valence-corrected chi connectivity index (χ4v) is 4.31. The van der Waals surface area contributed by atoms with Crippen molar-refractivity contribution in [3.05, 3.63) is 35.9 Å². The van der Waals surface area contributed by atoms with Gasteiger partial charge in [0.2, 0.25) is 0 Å². The number of hydrogen-bond acceptors (Lipinski definition) is 6. The van der Waals surface area contributed by atoms with Crippen molar-refractivity contribution in [3.63, 3.8) is 0 Å². The highest BCUT2D eigenvalue weighted by Crippen LogP contribution is 2.25. The van der Waals surface area contributed by atoms with E-state index in [0.717, 1.165) is 6.17 Å². The number of nitrogens with one attached hydrogen (secondary N) is 1. The van der Waals surface area contributed by atoms with Crippen LogP contribution in [0.25, 0.3) is 0 Å². The van der Waals surface area contributed by atoms with Gasteiger partial charge < -0.3 is 9.29 Å². The third-order valence-electron chi connectivity index (χ3n) is 3.73. The van der Waals surface area contributed by atoms with E-state index in [4.69, 9.17) is 4.74 Å². The number of halogens is 3. The van der Waals surface area contributed by atoms with Crippen LogP contribution in [0, 0.1) is 0 Å². The molecule has 0 saturated heterocycles. The van der Waals surface area contributed by atoms with Gasteiger partial charge in [0.15, 0.2) is 6.61 Å². The van der Waals surface area contributed by atoms with Crippen molar-refractivity contribution >= 4 is 19.4 Å². The molecule has 1 N–H and O–H groups in total. The monoisotopic (exact) mass is 463 g/mol. The van der Waals surface area contributed by atoms with E-state index in [1.807, 2.05) is 20.8 Å². The third kappa shape index (κ3) is 7.89. The summed E-state index contributed by atoms with van der Waals surface area (Å²) in [5, 5.41) is 8.40. The number of rotatable bonds is 8. The van der Waals surface area contributed by atoms with Gasteiger partial charge in [0.05, 0.1) is 26.2 Å². The lowest BCUT2D eigenvalue weighted by Gasteiger charge is -2.27. The summed E-state index contributed by atoms with van der Waals surface area (Å²) in [4.78, 5) is 4.22. The Balaban J connectivity index is 2.28. The second kappa shape index (κ2) is 9.24. The first-order chi connectivity index (χ1) is 13.6. The molecule has 7 nitrogen and oxygen atoms in total. The van der Waals surface area contributed by atoms with Gasteiger partial charge in [0, 0.05) is 17.5 Å². The molecule has 30 heavy (non-hydrogen) atoms. The van der Waals surface area contributed by atoms with Crippen LogP contribution >= 0.6 is 0 Å². The van der Waals surface area contributed by atoms with Gasteiger partial charge in [-0.15, -0.1) is 9.82 Å². The lowest BCUT2D eigenvalue weighted by molar-refractivity contribution is -0.153. The number of ether oxygens (including phenoxy) is 1. The van der Waals surface area contributed by atoms with E-state index in [2.05, 4.69) is 39.7 Å². The number of alkyl halides is 3. The first-order valence-corrected chi connectivity index (χ1v) is 14.2. The predicted molar refractivity (Wildman–Crippen MR) is 112 cm³/mol. The zero-order valence-corrected chi connectivity index (χ0v) is 19.8. The molecule has 12 heteroatoms. The average Bonchev–Trinajstić information content (AvgIpc) is 3.03. The van der Waals surface area contributed by atoms with E-state index in [1.54, 1.807) is 10.9 Å². The number of pyridine rings is 1. The molecule has 0 amide bonds. The first kappa shape index (κ1) is 24.6. The topological polar surface area (TPSA) is 87.9 Å². The summed E-state index contributed by atoms with van der Waals surface area (Å²) in [6, 6.07) is 2.29. The largest absolute Gasteiger partial charge is 0.598 e. The summed E-state index contributed by atoms with van der Waals surface area (Å²) in [5.41, 5.74) is 0.981. The van der Waals surface area contributed by atoms with Crippen LogP contribution in [-0.4, -0.2) is 50.1 Å². The summed E-state index contributed by atoms with van der Waals surface area (Å²) in [5.74, 6) is -0.00541. The first-order valence-electron chi connectivity index (χ1n) is 9.38. The molecule has 0 radical (unpaired) electrons. The molecule has 0 aromatic carbocycles. The predicted octanol–water partition coefficient (Wildman–Crippen LogP) is 3.63.